The van der Waals surface area contributed by atoms with Gasteiger partial charge in [-0.05, 0) is 30.7 Å². The second-order valence-corrected chi connectivity index (χ2v) is 3.39. The maximum absolute atomic E-state index is 11.4. The Morgan fingerprint density at radius 1 is 1.56 bits per heavy atom. The maximum Gasteiger partial charge on any atom is 0.250 e. The number of phenols is 1. The highest BCUT2D eigenvalue weighted by Gasteiger charge is 2.04. The molecule has 0 radical (unpaired) electrons. The lowest BCUT2D eigenvalue weighted by molar-refractivity contribution is -0.120. The minimum atomic E-state index is -0.234. The average Bonchev–Trinajstić information content (AvgIpc) is 2.23. The van der Waals surface area contributed by atoms with Gasteiger partial charge in [-0.1, -0.05) is 0 Å². The second kappa shape index (κ2) is 6.09. The first-order valence-electron chi connectivity index (χ1n) is 5.00. The SMILES string of the molecule is Cc1cc(O)ccc1NC(=O)COCCN. The molecule has 0 aliphatic carbocycles. The molecule has 0 aliphatic rings. The summed E-state index contributed by atoms with van der Waals surface area (Å²) in [5.74, 6) is -0.0582. The van der Waals surface area contributed by atoms with Crippen LogP contribution in [-0.4, -0.2) is 30.8 Å². The highest BCUT2D eigenvalue weighted by molar-refractivity contribution is 5.92. The maximum atomic E-state index is 11.4. The van der Waals surface area contributed by atoms with E-state index in [1.54, 1.807) is 19.1 Å². The third kappa shape index (κ3) is 3.88. The summed E-state index contributed by atoms with van der Waals surface area (Å²) in [4.78, 5) is 11.4. The number of ether oxygens (including phenoxy) is 1. The van der Waals surface area contributed by atoms with E-state index >= 15 is 0 Å². The number of hydrogen-bond donors (Lipinski definition) is 3. The molecule has 0 bridgehead atoms. The molecule has 0 unspecified atom stereocenters. The van der Waals surface area contributed by atoms with E-state index in [0.717, 1.165) is 5.56 Å². The van der Waals surface area contributed by atoms with Crippen molar-refractivity contribution in [3.63, 3.8) is 0 Å². The molecule has 0 saturated carbocycles. The molecule has 5 heteroatoms. The topological polar surface area (TPSA) is 84.6 Å². The van der Waals surface area contributed by atoms with Crippen LogP contribution in [0.4, 0.5) is 5.69 Å². The predicted octanol–water partition coefficient (Wildman–Crippen LogP) is 0.614. The van der Waals surface area contributed by atoms with E-state index in [1.165, 1.54) is 6.07 Å². The van der Waals surface area contributed by atoms with Crippen molar-refractivity contribution in [2.75, 3.05) is 25.1 Å². The molecule has 1 aromatic rings. The van der Waals surface area contributed by atoms with Gasteiger partial charge in [0.25, 0.3) is 0 Å². The number of amides is 1. The molecule has 0 atom stereocenters. The van der Waals surface area contributed by atoms with E-state index in [4.69, 9.17) is 10.5 Å². The van der Waals surface area contributed by atoms with E-state index < -0.39 is 0 Å². The summed E-state index contributed by atoms with van der Waals surface area (Å²) in [6, 6.07) is 4.74. The Morgan fingerprint density at radius 2 is 2.31 bits per heavy atom. The number of anilines is 1. The van der Waals surface area contributed by atoms with Gasteiger partial charge < -0.3 is 20.9 Å². The van der Waals surface area contributed by atoms with Crippen LogP contribution in [-0.2, 0) is 9.53 Å². The van der Waals surface area contributed by atoms with Gasteiger partial charge in [0.2, 0.25) is 5.91 Å². The van der Waals surface area contributed by atoms with Crippen molar-refractivity contribution in [1.82, 2.24) is 0 Å². The molecule has 0 heterocycles. The van der Waals surface area contributed by atoms with E-state index in [2.05, 4.69) is 5.32 Å². The van der Waals surface area contributed by atoms with Crippen molar-refractivity contribution in [3.05, 3.63) is 23.8 Å². The predicted molar refractivity (Wildman–Crippen MR) is 61.3 cm³/mol. The number of phenolic OH excluding ortho intramolecular Hbond substituents is 1. The number of nitrogens with one attached hydrogen (secondary N) is 1. The molecule has 0 aliphatic heterocycles. The third-order valence-electron chi connectivity index (χ3n) is 1.98. The van der Waals surface area contributed by atoms with Crippen LogP contribution >= 0.6 is 0 Å². The Kier molecular flexibility index (Phi) is 4.75. The van der Waals surface area contributed by atoms with Gasteiger partial charge in [0.15, 0.2) is 0 Å². The fraction of sp³-hybridized carbons (Fsp3) is 0.364. The zero-order valence-electron chi connectivity index (χ0n) is 9.19. The average molecular weight is 224 g/mol. The third-order valence-corrected chi connectivity index (χ3v) is 1.98. The van der Waals surface area contributed by atoms with Gasteiger partial charge in [-0.15, -0.1) is 0 Å². The monoisotopic (exact) mass is 224 g/mol. The van der Waals surface area contributed by atoms with Gasteiger partial charge in [0.1, 0.15) is 12.4 Å². The largest absolute Gasteiger partial charge is 0.508 e. The van der Waals surface area contributed by atoms with E-state index in [9.17, 15) is 9.90 Å². The van der Waals surface area contributed by atoms with Gasteiger partial charge >= 0.3 is 0 Å². The minimum Gasteiger partial charge on any atom is -0.508 e. The first-order chi connectivity index (χ1) is 7.63. The number of rotatable bonds is 5. The van der Waals surface area contributed by atoms with Crippen LogP contribution in [0.25, 0.3) is 0 Å². The molecule has 1 amide bonds. The van der Waals surface area contributed by atoms with Crippen molar-refractivity contribution in [2.45, 2.75) is 6.92 Å². The van der Waals surface area contributed by atoms with E-state index in [1.807, 2.05) is 0 Å². The summed E-state index contributed by atoms with van der Waals surface area (Å²) in [7, 11) is 0. The van der Waals surface area contributed by atoms with Crippen molar-refractivity contribution in [2.24, 2.45) is 5.73 Å². The van der Waals surface area contributed by atoms with Crippen LogP contribution in [0.15, 0.2) is 18.2 Å². The molecular formula is C11H16N2O3. The van der Waals surface area contributed by atoms with Crippen LogP contribution in [0.5, 0.6) is 5.75 Å². The Balaban J connectivity index is 2.49. The fourth-order valence-electron chi connectivity index (χ4n) is 1.22. The molecule has 88 valence electrons. The number of aryl methyl sites for hydroxylation is 1. The molecule has 0 spiro atoms. The zero-order valence-corrected chi connectivity index (χ0v) is 9.19. The molecule has 16 heavy (non-hydrogen) atoms. The minimum absolute atomic E-state index is 0.0164. The molecule has 0 aromatic heterocycles. The van der Waals surface area contributed by atoms with Gasteiger partial charge in [-0.2, -0.15) is 0 Å². The van der Waals surface area contributed by atoms with Crippen molar-refractivity contribution in [1.29, 1.82) is 0 Å². The highest BCUT2D eigenvalue weighted by atomic mass is 16.5. The molecule has 5 nitrogen and oxygen atoms in total. The Bertz CT molecular complexity index is 366. The van der Waals surface area contributed by atoms with Crippen LogP contribution in [0.2, 0.25) is 0 Å². The molecule has 4 N–H and O–H groups in total. The number of carbonyl (C=O) groups excluding carboxylic acids is 1. The van der Waals surface area contributed by atoms with Gasteiger partial charge in [-0.3, -0.25) is 4.79 Å². The lowest BCUT2D eigenvalue weighted by Gasteiger charge is -2.08. The molecule has 1 rings (SSSR count). The summed E-state index contributed by atoms with van der Waals surface area (Å²) in [6.07, 6.45) is 0. The summed E-state index contributed by atoms with van der Waals surface area (Å²) in [6.45, 7) is 2.54. The molecule has 0 saturated heterocycles. The van der Waals surface area contributed by atoms with E-state index in [0.29, 0.717) is 18.8 Å². The molecular weight excluding hydrogens is 208 g/mol. The van der Waals surface area contributed by atoms with Crippen molar-refractivity contribution >= 4 is 11.6 Å². The summed E-state index contributed by atoms with van der Waals surface area (Å²) < 4.78 is 4.99. The van der Waals surface area contributed by atoms with Crippen LogP contribution in [0.3, 0.4) is 0 Å². The van der Waals surface area contributed by atoms with Crippen molar-refractivity contribution < 1.29 is 14.6 Å². The van der Waals surface area contributed by atoms with Crippen LogP contribution < -0.4 is 11.1 Å². The smallest absolute Gasteiger partial charge is 0.250 e. The lowest BCUT2D eigenvalue weighted by Crippen LogP contribution is -2.21. The van der Waals surface area contributed by atoms with Gasteiger partial charge in [-0.25, -0.2) is 0 Å². The van der Waals surface area contributed by atoms with Crippen molar-refractivity contribution in [3.8, 4) is 5.75 Å². The first kappa shape index (κ1) is 12.5. The Labute approximate surface area is 94.2 Å². The standard InChI is InChI=1S/C11H16N2O3/c1-8-6-9(14)2-3-10(8)13-11(15)7-16-5-4-12/h2-3,6,14H,4-5,7,12H2,1H3,(H,13,15). The Hall–Kier alpha value is -1.59. The molecule has 1 aromatic carbocycles. The van der Waals surface area contributed by atoms with E-state index in [-0.39, 0.29) is 18.3 Å². The van der Waals surface area contributed by atoms with Crippen LogP contribution in [0, 0.1) is 6.92 Å². The lowest BCUT2D eigenvalue weighted by atomic mass is 10.2. The summed E-state index contributed by atoms with van der Waals surface area (Å²) in [5.41, 5.74) is 6.69. The van der Waals surface area contributed by atoms with Gasteiger partial charge in [0, 0.05) is 12.2 Å². The number of hydrogen-bond acceptors (Lipinski definition) is 4. The number of benzene rings is 1. The summed E-state index contributed by atoms with van der Waals surface area (Å²) >= 11 is 0. The second-order valence-electron chi connectivity index (χ2n) is 3.39. The summed E-state index contributed by atoms with van der Waals surface area (Å²) in [5, 5.41) is 11.9. The van der Waals surface area contributed by atoms with Crippen LogP contribution in [0.1, 0.15) is 5.56 Å². The Morgan fingerprint density at radius 3 is 2.94 bits per heavy atom. The normalized spacial score (nSPS) is 10.1. The quantitative estimate of drug-likeness (QED) is 0.505. The highest BCUT2D eigenvalue weighted by Crippen LogP contribution is 2.19. The first-order valence-corrected chi connectivity index (χ1v) is 5.00. The number of carbonyl (C=O) groups is 1. The zero-order chi connectivity index (χ0) is 12.0. The molecule has 0 fully saturated rings. The van der Waals surface area contributed by atoms with Gasteiger partial charge in [0.05, 0.1) is 6.61 Å². The number of nitrogens with two attached hydrogens (primary N) is 1. The number of aromatic hydroxyl groups is 1. The fourth-order valence-corrected chi connectivity index (χ4v) is 1.22.